The van der Waals surface area contributed by atoms with Gasteiger partial charge in [0.15, 0.2) is 0 Å². The first kappa shape index (κ1) is 15.6. The van der Waals surface area contributed by atoms with Gasteiger partial charge < -0.3 is 15.2 Å². The third kappa shape index (κ3) is 3.84. The second-order valence-electron chi connectivity index (χ2n) is 5.21. The summed E-state index contributed by atoms with van der Waals surface area (Å²) in [6.45, 7) is 4.44. The molecule has 0 spiro atoms. The molecule has 0 aromatic heterocycles. The van der Waals surface area contributed by atoms with Crippen LogP contribution < -0.4 is 5.32 Å². The smallest absolute Gasteiger partial charge is 0.230 e. The normalized spacial score (nSPS) is 20.7. The van der Waals surface area contributed by atoms with Crippen molar-refractivity contribution in [2.75, 3.05) is 18.5 Å². The summed E-state index contributed by atoms with van der Waals surface area (Å²) in [6, 6.07) is 5.69. The fourth-order valence-electron chi connectivity index (χ4n) is 2.58. The maximum Gasteiger partial charge on any atom is 0.230 e. The Morgan fingerprint density at radius 1 is 1.52 bits per heavy atom. The standard InChI is InChI=1S/C17H21NO3/c1-3-16-14(8-10-21-16)17(20)18-15-7-6-12(2)11-13(15)5-4-9-19/h6-7,11,14,16,19H,3,8-10H2,1-2H3,(H,18,20). The van der Waals surface area contributed by atoms with Crippen molar-refractivity contribution in [3.05, 3.63) is 29.3 Å². The van der Waals surface area contributed by atoms with Gasteiger partial charge in [0.25, 0.3) is 0 Å². The average Bonchev–Trinajstić information content (AvgIpc) is 2.96. The molecule has 112 valence electrons. The molecule has 0 bridgehead atoms. The molecular formula is C17H21NO3. The average molecular weight is 287 g/mol. The highest BCUT2D eigenvalue weighted by atomic mass is 16.5. The van der Waals surface area contributed by atoms with Crippen LogP contribution in [0.3, 0.4) is 0 Å². The number of anilines is 1. The van der Waals surface area contributed by atoms with E-state index < -0.39 is 0 Å². The van der Waals surface area contributed by atoms with Crippen LogP contribution in [0.1, 0.15) is 30.9 Å². The van der Waals surface area contributed by atoms with Crippen LogP contribution in [-0.2, 0) is 9.53 Å². The van der Waals surface area contributed by atoms with Crippen molar-refractivity contribution in [2.24, 2.45) is 5.92 Å². The van der Waals surface area contributed by atoms with Crippen molar-refractivity contribution in [3.63, 3.8) is 0 Å². The zero-order valence-corrected chi connectivity index (χ0v) is 12.5. The van der Waals surface area contributed by atoms with Crippen molar-refractivity contribution in [1.82, 2.24) is 0 Å². The van der Waals surface area contributed by atoms with E-state index in [-0.39, 0.29) is 24.5 Å². The molecule has 21 heavy (non-hydrogen) atoms. The first-order chi connectivity index (χ1) is 10.2. The van der Waals surface area contributed by atoms with Gasteiger partial charge in [-0.1, -0.05) is 24.8 Å². The highest BCUT2D eigenvalue weighted by Crippen LogP contribution is 2.26. The van der Waals surface area contributed by atoms with Crippen molar-refractivity contribution >= 4 is 11.6 Å². The summed E-state index contributed by atoms with van der Waals surface area (Å²) in [5.74, 6) is 5.38. The Bertz CT molecular complexity index is 571. The van der Waals surface area contributed by atoms with Crippen LogP contribution in [0, 0.1) is 24.7 Å². The molecule has 1 aliphatic rings. The van der Waals surface area contributed by atoms with Crippen LogP contribution >= 0.6 is 0 Å². The Kier molecular flexibility index (Phi) is 5.38. The first-order valence-electron chi connectivity index (χ1n) is 7.28. The van der Waals surface area contributed by atoms with E-state index in [1.807, 2.05) is 32.0 Å². The zero-order chi connectivity index (χ0) is 15.2. The summed E-state index contributed by atoms with van der Waals surface area (Å²) in [6.07, 6.45) is 1.60. The lowest BCUT2D eigenvalue weighted by molar-refractivity contribution is -0.121. The SMILES string of the molecule is CCC1OCCC1C(=O)Nc1ccc(C)cc1C#CCO. The number of carbonyl (C=O) groups is 1. The second-order valence-corrected chi connectivity index (χ2v) is 5.21. The summed E-state index contributed by atoms with van der Waals surface area (Å²) in [4.78, 5) is 12.4. The van der Waals surface area contributed by atoms with Gasteiger partial charge in [-0.2, -0.15) is 0 Å². The Balaban J connectivity index is 2.17. The van der Waals surface area contributed by atoms with Crippen LogP contribution in [0.2, 0.25) is 0 Å². The Labute approximate surface area is 125 Å². The molecule has 1 aliphatic heterocycles. The summed E-state index contributed by atoms with van der Waals surface area (Å²) in [7, 11) is 0. The third-order valence-corrected chi connectivity index (χ3v) is 3.68. The van der Waals surface area contributed by atoms with E-state index in [4.69, 9.17) is 9.84 Å². The van der Waals surface area contributed by atoms with E-state index in [2.05, 4.69) is 17.2 Å². The number of aliphatic hydroxyl groups excluding tert-OH is 1. The fourth-order valence-corrected chi connectivity index (χ4v) is 2.58. The number of hydrogen-bond acceptors (Lipinski definition) is 3. The molecule has 1 amide bonds. The molecule has 0 aliphatic carbocycles. The van der Waals surface area contributed by atoms with Gasteiger partial charge >= 0.3 is 0 Å². The van der Waals surface area contributed by atoms with E-state index in [0.717, 1.165) is 24.0 Å². The Hall–Kier alpha value is -1.83. The fraction of sp³-hybridized carbons (Fsp3) is 0.471. The number of benzene rings is 1. The molecule has 2 unspecified atom stereocenters. The minimum absolute atomic E-state index is 0.00224. The van der Waals surface area contributed by atoms with Gasteiger partial charge in [-0.15, -0.1) is 0 Å². The van der Waals surface area contributed by atoms with Crippen molar-refractivity contribution < 1.29 is 14.6 Å². The molecule has 4 nitrogen and oxygen atoms in total. The molecule has 0 saturated carbocycles. The van der Waals surface area contributed by atoms with Gasteiger partial charge in [-0.25, -0.2) is 0 Å². The summed E-state index contributed by atoms with van der Waals surface area (Å²) in [5, 5.41) is 11.8. The lowest BCUT2D eigenvalue weighted by atomic mass is 9.98. The van der Waals surface area contributed by atoms with E-state index in [1.54, 1.807) is 0 Å². The van der Waals surface area contributed by atoms with Gasteiger partial charge in [0.1, 0.15) is 6.61 Å². The van der Waals surface area contributed by atoms with Crippen LogP contribution in [0.25, 0.3) is 0 Å². The van der Waals surface area contributed by atoms with Gasteiger partial charge in [0, 0.05) is 12.2 Å². The molecule has 0 radical (unpaired) electrons. The second kappa shape index (κ2) is 7.26. The summed E-state index contributed by atoms with van der Waals surface area (Å²) in [5.41, 5.74) is 2.48. The molecule has 2 N–H and O–H groups in total. The van der Waals surface area contributed by atoms with Crippen LogP contribution in [0.4, 0.5) is 5.69 Å². The Morgan fingerprint density at radius 3 is 3.05 bits per heavy atom. The lowest BCUT2D eigenvalue weighted by Gasteiger charge is -2.17. The topological polar surface area (TPSA) is 58.6 Å². The highest BCUT2D eigenvalue weighted by molar-refractivity contribution is 5.94. The molecular weight excluding hydrogens is 266 g/mol. The third-order valence-electron chi connectivity index (χ3n) is 3.68. The van der Waals surface area contributed by atoms with Gasteiger partial charge in [0.05, 0.1) is 17.7 Å². The van der Waals surface area contributed by atoms with E-state index >= 15 is 0 Å². The number of aliphatic hydroxyl groups is 1. The number of carbonyl (C=O) groups excluding carboxylic acids is 1. The predicted molar refractivity (Wildman–Crippen MR) is 81.9 cm³/mol. The predicted octanol–water partition coefficient (Wildman–Crippen LogP) is 2.09. The monoisotopic (exact) mass is 287 g/mol. The summed E-state index contributed by atoms with van der Waals surface area (Å²) >= 11 is 0. The van der Waals surface area contributed by atoms with Gasteiger partial charge in [-0.3, -0.25) is 4.79 Å². The lowest BCUT2D eigenvalue weighted by Crippen LogP contribution is -2.29. The molecule has 1 heterocycles. The Morgan fingerprint density at radius 2 is 2.33 bits per heavy atom. The van der Waals surface area contributed by atoms with E-state index in [1.165, 1.54) is 0 Å². The minimum Gasteiger partial charge on any atom is -0.384 e. The van der Waals surface area contributed by atoms with Crippen LogP contribution in [-0.4, -0.2) is 30.3 Å². The molecule has 4 heteroatoms. The number of hydrogen-bond donors (Lipinski definition) is 2. The van der Waals surface area contributed by atoms with Crippen LogP contribution in [0.5, 0.6) is 0 Å². The van der Waals surface area contributed by atoms with Gasteiger partial charge in [0.2, 0.25) is 5.91 Å². The minimum atomic E-state index is -0.199. The summed E-state index contributed by atoms with van der Waals surface area (Å²) < 4.78 is 5.57. The maximum atomic E-state index is 12.4. The molecule has 1 saturated heterocycles. The van der Waals surface area contributed by atoms with Gasteiger partial charge in [-0.05, 0) is 37.5 Å². The number of ether oxygens (including phenoxy) is 1. The van der Waals surface area contributed by atoms with Crippen LogP contribution in [0.15, 0.2) is 18.2 Å². The molecule has 1 fully saturated rings. The van der Waals surface area contributed by atoms with Crippen molar-refractivity contribution in [3.8, 4) is 11.8 Å². The molecule has 1 aromatic carbocycles. The molecule has 1 aromatic rings. The maximum absolute atomic E-state index is 12.4. The molecule has 2 atom stereocenters. The van der Waals surface area contributed by atoms with Crippen molar-refractivity contribution in [1.29, 1.82) is 0 Å². The highest BCUT2D eigenvalue weighted by Gasteiger charge is 2.32. The number of aryl methyl sites for hydroxylation is 1. The zero-order valence-electron chi connectivity index (χ0n) is 12.5. The largest absolute Gasteiger partial charge is 0.384 e. The number of rotatable bonds is 3. The van der Waals surface area contributed by atoms with Crippen molar-refractivity contribution in [2.45, 2.75) is 32.8 Å². The molecule has 2 rings (SSSR count). The number of nitrogens with one attached hydrogen (secondary N) is 1. The van der Waals surface area contributed by atoms with E-state index in [0.29, 0.717) is 12.3 Å². The number of amides is 1. The quantitative estimate of drug-likeness (QED) is 0.837. The first-order valence-corrected chi connectivity index (χ1v) is 7.28. The van der Waals surface area contributed by atoms with E-state index in [9.17, 15) is 4.79 Å².